The van der Waals surface area contributed by atoms with E-state index in [0.717, 1.165) is 11.3 Å². The number of aliphatic imine (C=N–C) groups is 1. The fraction of sp³-hybridized carbons (Fsp3) is 0.200. The largest absolute Gasteiger partial charge is 0.347 e. The molecule has 1 aliphatic rings. The van der Waals surface area contributed by atoms with E-state index in [1.54, 1.807) is 24.4 Å². The molecule has 10 heteroatoms. The van der Waals surface area contributed by atoms with E-state index in [-0.39, 0.29) is 23.0 Å². The van der Waals surface area contributed by atoms with Crippen molar-refractivity contribution in [3.05, 3.63) is 60.5 Å². The minimum atomic E-state index is -3.70. The SMILES string of the molecule is O=C(CCn1ccc2c(F)cccc21)Nc1ccc(S(=O)(=O)NC2=NCCS2)cc1. The molecule has 1 aromatic heterocycles. The Morgan fingerprint density at radius 3 is 2.70 bits per heavy atom. The van der Waals surface area contributed by atoms with Crippen molar-refractivity contribution in [2.75, 3.05) is 17.6 Å². The Morgan fingerprint density at radius 2 is 1.97 bits per heavy atom. The van der Waals surface area contributed by atoms with Gasteiger partial charge < -0.3 is 9.88 Å². The third-order valence-corrected chi connectivity index (χ3v) is 6.97. The number of sulfonamides is 1. The van der Waals surface area contributed by atoms with E-state index in [1.165, 1.54) is 42.1 Å². The summed E-state index contributed by atoms with van der Waals surface area (Å²) in [6.45, 7) is 0.996. The number of nitrogens with one attached hydrogen (secondary N) is 2. The molecule has 0 saturated carbocycles. The normalized spacial score (nSPS) is 14.0. The third-order valence-electron chi connectivity index (χ3n) is 4.60. The number of amidine groups is 1. The van der Waals surface area contributed by atoms with E-state index in [4.69, 9.17) is 0 Å². The first-order chi connectivity index (χ1) is 14.4. The van der Waals surface area contributed by atoms with Gasteiger partial charge in [0.25, 0.3) is 10.0 Å². The van der Waals surface area contributed by atoms with Crippen LogP contribution in [0.1, 0.15) is 6.42 Å². The predicted molar refractivity (Wildman–Crippen MR) is 117 cm³/mol. The summed E-state index contributed by atoms with van der Waals surface area (Å²) in [5, 5.41) is 3.66. The molecular weight excluding hydrogens is 427 g/mol. The third kappa shape index (κ3) is 4.49. The maximum Gasteiger partial charge on any atom is 0.263 e. The zero-order chi connectivity index (χ0) is 21.1. The Labute approximate surface area is 177 Å². The lowest BCUT2D eigenvalue weighted by Gasteiger charge is -2.09. The number of fused-ring (bicyclic) bond motifs is 1. The first-order valence-electron chi connectivity index (χ1n) is 9.26. The molecule has 0 fully saturated rings. The van der Waals surface area contributed by atoms with Crippen molar-refractivity contribution < 1.29 is 17.6 Å². The summed E-state index contributed by atoms with van der Waals surface area (Å²) < 4.78 is 42.8. The zero-order valence-corrected chi connectivity index (χ0v) is 17.5. The molecule has 3 aromatic rings. The maximum atomic E-state index is 13.8. The quantitative estimate of drug-likeness (QED) is 0.608. The molecule has 2 heterocycles. The van der Waals surface area contributed by atoms with Gasteiger partial charge in [-0.15, -0.1) is 0 Å². The number of anilines is 1. The number of hydrogen-bond donors (Lipinski definition) is 2. The van der Waals surface area contributed by atoms with E-state index < -0.39 is 10.0 Å². The highest BCUT2D eigenvalue weighted by Gasteiger charge is 2.18. The first kappa shape index (κ1) is 20.4. The average Bonchev–Trinajstić information content (AvgIpc) is 3.37. The summed E-state index contributed by atoms with van der Waals surface area (Å²) >= 11 is 1.36. The fourth-order valence-electron chi connectivity index (χ4n) is 3.11. The second kappa shape index (κ2) is 8.49. The molecule has 30 heavy (non-hydrogen) atoms. The van der Waals surface area contributed by atoms with E-state index >= 15 is 0 Å². The monoisotopic (exact) mass is 446 g/mol. The molecule has 4 rings (SSSR count). The van der Waals surface area contributed by atoms with Crippen molar-refractivity contribution in [1.82, 2.24) is 9.29 Å². The summed E-state index contributed by atoms with van der Waals surface area (Å²) in [4.78, 5) is 16.4. The second-order valence-electron chi connectivity index (χ2n) is 6.65. The molecule has 7 nitrogen and oxygen atoms in total. The highest BCUT2D eigenvalue weighted by molar-refractivity contribution is 8.15. The number of nitrogens with zero attached hydrogens (tertiary/aromatic N) is 2. The van der Waals surface area contributed by atoms with Crippen molar-refractivity contribution in [2.45, 2.75) is 17.9 Å². The molecule has 156 valence electrons. The molecule has 0 spiro atoms. The van der Waals surface area contributed by atoms with Crippen molar-refractivity contribution >= 4 is 49.5 Å². The standard InChI is InChI=1S/C20H19FN4O3S2/c21-17-2-1-3-18-16(17)8-11-25(18)12-9-19(26)23-14-4-6-15(7-5-14)30(27,28)24-20-22-10-13-29-20/h1-8,11H,9-10,12-13H2,(H,22,24)(H,23,26). The summed E-state index contributed by atoms with van der Waals surface area (Å²) in [7, 11) is -3.70. The number of hydrogen-bond acceptors (Lipinski definition) is 5. The molecule has 2 aromatic carbocycles. The van der Waals surface area contributed by atoms with E-state index in [9.17, 15) is 17.6 Å². The Bertz CT molecular complexity index is 1220. The summed E-state index contributed by atoms with van der Waals surface area (Å²) in [5.74, 6) is 0.244. The highest BCUT2D eigenvalue weighted by Crippen LogP contribution is 2.20. The number of amides is 1. The van der Waals surface area contributed by atoms with Crippen LogP contribution < -0.4 is 10.0 Å². The number of halogens is 1. The van der Waals surface area contributed by atoms with Gasteiger partial charge in [-0.05, 0) is 42.5 Å². The number of carbonyl (C=O) groups is 1. The molecule has 2 N–H and O–H groups in total. The lowest BCUT2D eigenvalue weighted by atomic mass is 10.2. The van der Waals surface area contributed by atoms with E-state index in [1.807, 2.05) is 4.57 Å². The number of benzene rings is 2. The topological polar surface area (TPSA) is 92.6 Å². The van der Waals surface area contributed by atoms with Gasteiger partial charge in [0.1, 0.15) is 5.82 Å². The molecule has 1 aliphatic heterocycles. The van der Waals surface area contributed by atoms with Crippen LogP contribution in [0.25, 0.3) is 10.9 Å². The van der Waals surface area contributed by atoms with Gasteiger partial charge in [0.2, 0.25) is 5.91 Å². The first-order valence-corrected chi connectivity index (χ1v) is 11.7. The Balaban J connectivity index is 1.36. The van der Waals surface area contributed by atoms with E-state index in [0.29, 0.717) is 29.3 Å². The van der Waals surface area contributed by atoms with Crippen LogP contribution in [-0.2, 0) is 21.4 Å². The van der Waals surface area contributed by atoms with Crippen LogP contribution in [0.2, 0.25) is 0 Å². The lowest BCUT2D eigenvalue weighted by molar-refractivity contribution is -0.116. The number of carbonyl (C=O) groups excluding carboxylic acids is 1. The lowest BCUT2D eigenvalue weighted by Crippen LogP contribution is -2.27. The van der Waals surface area contributed by atoms with E-state index in [2.05, 4.69) is 15.0 Å². The smallest absolute Gasteiger partial charge is 0.263 e. The molecule has 0 atom stereocenters. The van der Waals surface area contributed by atoms with Gasteiger partial charge in [-0.3, -0.25) is 14.5 Å². The summed E-state index contributed by atoms with van der Waals surface area (Å²) in [6.07, 6.45) is 1.94. The van der Waals surface area contributed by atoms with Gasteiger partial charge in [-0.2, -0.15) is 0 Å². The minimum Gasteiger partial charge on any atom is -0.347 e. The average molecular weight is 447 g/mol. The van der Waals surface area contributed by atoms with Crippen LogP contribution >= 0.6 is 11.8 Å². The minimum absolute atomic E-state index is 0.0940. The van der Waals surface area contributed by atoms with Gasteiger partial charge in [0, 0.05) is 36.0 Å². The van der Waals surface area contributed by atoms with Crippen LogP contribution in [0.4, 0.5) is 10.1 Å². The van der Waals surface area contributed by atoms with Crippen LogP contribution in [0.5, 0.6) is 0 Å². The van der Waals surface area contributed by atoms with Crippen molar-refractivity contribution in [3.63, 3.8) is 0 Å². The van der Waals surface area contributed by atoms with Gasteiger partial charge in [-0.25, -0.2) is 12.8 Å². The van der Waals surface area contributed by atoms with Crippen molar-refractivity contribution in [2.24, 2.45) is 4.99 Å². The molecule has 0 unspecified atom stereocenters. The molecule has 1 amide bonds. The zero-order valence-electron chi connectivity index (χ0n) is 15.8. The van der Waals surface area contributed by atoms with Crippen molar-refractivity contribution in [3.8, 4) is 0 Å². The highest BCUT2D eigenvalue weighted by atomic mass is 32.2. The maximum absolute atomic E-state index is 13.8. The number of rotatable bonds is 6. The fourth-order valence-corrected chi connectivity index (χ4v) is 5.14. The summed E-state index contributed by atoms with van der Waals surface area (Å²) in [6, 6.07) is 12.5. The molecular formula is C20H19FN4O3S2. The van der Waals surface area contributed by atoms with Gasteiger partial charge in [0.15, 0.2) is 5.17 Å². The Morgan fingerprint density at radius 1 is 1.17 bits per heavy atom. The molecule has 0 aliphatic carbocycles. The van der Waals surface area contributed by atoms with Crippen LogP contribution in [0.3, 0.4) is 0 Å². The van der Waals surface area contributed by atoms with Gasteiger partial charge in [-0.1, -0.05) is 17.8 Å². The van der Waals surface area contributed by atoms with Crippen LogP contribution in [-0.4, -0.2) is 36.4 Å². The Kier molecular flexibility index (Phi) is 5.78. The van der Waals surface area contributed by atoms with Gasteiger partial charge in [0.05, 0.1) is 17.0 Å². The number of thioether (sulfide) groups is 1. The summed E-state index contributed by atoms with van der Waals surface area (Å²) in [5.41, 5.74) is 1.23. The van der Waals surface area contributed by atoms with Gasteiger partial charge >= 0.3 is 0 Å². The van der Waals surface area contributed by atoms with Crippen LogP contribution in [0, 0.1) is 5.82 Å². The molecule has 0 saturated heterocycles. The van der Waals surface area contributed by atoms with Crippen molar-refractivity contribution in [1.29, 1.82) is 0 Å². The number of aromatic nitrogens is 1. The van der Waals surface area contributed by atoms with Crippen LogP contribution in [0.15, 0.2) is 64.6 Å². The molecule has 0 radical (unpaired) electrons. The number of aryl methyl sites for hydroxylation is 1. The Hall–Kier alpha value is -2.85. The predicted octanol–water partition coefficient (Wildman–Crippen LogP) is 3.19. The second-order valence-corrected chi connectivity index (χ2v) is 9.41. The molecule has 0 bridgehead atoms.